The highest BCUT2D eigenvalue weighted by molar-refractivity contribution is 6.34. The summed E-state index contributed by atoms with van der Waals surface area (Å²) < 4.78 is 65.7. The Morgan fingerprint density at radius 3 is 2.12 bits per heavy atom. The minimum atomic E-state index is -3.45. The van der Waals surface area contributed by atoms with E-state index in [2.05, 4.69) is 18.6 Å². The molecule has 1 heterocycles. The largest absolute Gasteiger partial charge is 0.331 e. The number of halogens is 5. The van der Waals surface area contributed by atoms with Crippen LogP contribution in [0.25, 0.3) is 0 Å². The van der Waals surface area contributed by atoms with Gasteiger partial charge in [0, 0.05) is 6.08 Å². The Morgan fingerprint density at radius 1 is 1.18 bits per heavy atom. The molecule has 0 aromatic rings. The Balaban J connectivity index is 0.000000249. The van der Waals surface area contributed by atoms with E-state index in [9.17, 15) is 22.0 Å². The van der Waals surface area contributed by atoms with Gasteiger partial charge in [-0.25, -0.2) is 17.6 Å². The van der Waals surface area contributed by atoms with E-state index < -0.39 is 29.2 Å². The molecule has 0 bridgehead atoms. The zero-order valence-electron chi connectivity index (χ0n) is 9.37. The lowest BCUT2D eigenvalue weighted by Gasteiger charge is -2.06. The van der Waals surface area contributed by atoms with Crippen molar-refractivity contribution >= 4 is 15.2 Å². The van der Waals surface area contributed by atoms with Gasteiger partial charge in [0.2, 0.25) is 5.83 Å². The van der Waals surface area contributed by atoms with Gasteiger partial charge in [-0.2, -0.15) is 4.39 Å². The molecule has 1 aliphatic heterocycles. The molecule has 0 aromatic heterocycles. The molecule has 1 nitrogen and oxygen atoms in total. The van der Waals surface area contributed by atoms with E-state index >= 15 is 0 Å². The van der Waals surface area contributed by atoms with Crippen molar-refractivity contribution in [2.45, 2.75) is 36.1 Å². The second kappa shape index (κ2) is 5.09. The fraction of sp³-hybridized carbons (Fsp3) is 0.600. The van der Waals surface area contributed by atoms with Gasteiger partial charge in [0.1, 0.15) is 0 Å². The van der Waals surface area contributed by atoms with E-state index in [1.807, 2.05) is 0 Å². The van der Waals surface area contributed by atoms with Gasteiger partial charge in [-0.3, -0.25) is 4.74 Å². The monoisotopic (exact) mass is 269 g/mol. The maximum absolute atomic E-state index is 12.7. The summed E-state index contributed by atoms with van der Waals surface area (Å²) in [5.41, 5.74) is 0. The van der Waals surface area contributed by atoms with Gasteiger partial charge in [0.15, 0.2) is 26.9 Å². The van der Waals surface area contributed by atoms with Crippen molar-refractivity contribution in [3.8, 4) is 0 Å². The third-order valence-electron chi connectivity index (χ3n) is 2.26. The second-order valence-electron chi connectivity index (χ2n) is 3.57. The first-order valence-corrected chi connectivity index (χ1v) is 6.79. The number of hydrogen-bond acceptors (Lipinski definition) is 1. The Morgan fingerprint density at radius 2 is 1.71 bits per heavy atom. The van der Waals surface area contributed by atoms with Crippen LogP contribution in [0.1, 0.15) is 13.8 Å². The van der Waals surface area contributed by atoms with Crippen molar-refractivity contribution in [2.24, 2.45) is 0 Å². The quantitative estimate of drug-likeness (QED) is 0.420. The van der Waals surface area contributed by atoms with E-state index in [4.69, 9.17) is 0 Å². The Kier molecular flexibility index (Phi) is 4.39. The standard InChI is InChI=1S/C6HF5O.2C2H5.Al/c7-2-1-5(10)6(11,12-5)4(9)3(2)8;2*1-2;/h1H;2*1H2,2H3;. The van der Waals surface area contributed by atoms with Crippen molar-refractivity contribution in [2.75, 3.05) is 0 Å². The average Bonchev–Trinajstić information content (AvgIpc) is 2.81. The number of hydrogen-bond donors (Lipinski definition) is 0. The third kappa shape index (κ3) is 2.56. The van der Waals surface area contributed by atoms with Crippen molar-refractivity contribution in [1.29, 1.82) is 0 Å². The Bertz CT molecular complexity index is 368. The molecule has 17 heavy (non-hydrogen) atoms. The molecule has 2 atom stereocenters. The highest BCUT2D eigenvalue weighted by Gasteiger charge is 2.79. The van der Waals surface area contributed by atoms with E-state index in [0.717, 1.165) is 15.2 Å². The predicted molar refractivity (Wildman–Crippen MR) is 53.9 cm³/mol. The number of ether oxygens (including phenoxy) is 1. The highest BCUT2D eigenvalue weighted by atomic mass is 27.1. The summed E-state index contributed by atoms with van der Waals surface area (Å²) >= 11 is 0.815. The fourth-order valence-corrected chi connectivity index (χ4v) is 1.83. The molecule has 1 aliphatic carbocycles. The summed E-state index contributed by atoms with van der Waals surface area (Å²) in [4.78, 5) is 0. The second-order valence-corrected chi connectivity index (χ2v) is 5.78. The summed E-state index contributed by atoms with van der Waals surface area (Å²) in [6, 6.07) is 0. The summed E-state index contributed by atoms with van der Waals surface area (Å²) in [7, 11) is 0. The molecule has 2 unspecified atom stereocenters. The van der Waals surface area contributed by atoms with Crippen molar-refractivity contribution < 1.29 is 26.7 Å². The number of allylic oxidation sites excluding steroid dienone is 2. The lowest BCUT2D eigenvalue weighted by Crippen LogP contribution is -2.20. The van der Waals surface area contributed by atoms with Gasteiger partial charge in [-0.1, -0.05) is 13.8 Å². The average molecular weight is 269 g/mol. The van der Waals surface area contributed by atoms with Crippen LogP contribution >= 0.6 is 0 Å². The molecule has 2 rings (SSSR count). The third-order valence-corrected chi connectivity index (χ3v) is 3.42. The van der Waals surface area contributed by atoms with Gasteiger partial charge in [0.25, 0.3) is 0 Å². The van der Waals surface area contributed by atoms with Crippen LogP contribution in [0.5, 0.6) is 0 Å². The molecule has 2 aliphatic rings. The molecule has 0 N–H and O–H groups in total. The first-order valence-electron chi connectivity index (χ1n) is 5.16. The lowest BCUT2D eigenvalue weighted by atomic mass is 10.1. The van der Waals surface area contributed by atoms with Gasteiger partial charge < -0.3 is 0 Å². The first kappa shape index (κ1) is 14.7. The summed E-state index contributed by atoms with van der Waals surface area (Å²) in [5.74, 6) is -12.7. The van der Waals surface area contributed by atoms with Gasteiger partial charge in [0.05, 0.1) is 0 Å². The molecule has 0 saturated carbocycles. The van der Waals surface area contributed by atoms with E-state index in [-0.39, 0.29) is 6.08 Å². The SMILES string of the molecule is C[CH2][Al][CH2]C.FC1=CC2(F)OC2(F)C(F)=C1F. The molecular formula is C10H11AlF5O. The van der Waals surface area contributed by atoms with E-state index in [1.165, 1.54) is 10.6 Å². The lowest BCUT2D eigenvalue weighted by molar-refractivity contribution is 0.143. The summed E-state index contributed by atoms with van der Waals surface area (Å²) in [6.45, 7) is 4.50. The van der Waals surface area contributed by atoms with E-state index in [0.29, 0.717) is 0 Å². The normalized spacial score (nSPS) is 34.4. The molecule has 1 radical (unpaired) electrons. The molecule has 95 valence electrons. The summed E-state index contributed by atoms with van der Waals surface area (Å²) in [5, 5.41) is 2.85. The highest BCUT2D eigenvalue weighted by Crippen LogP contribution is 2.61. The van der Waals surface area contributed by atoms with Crippen molar-refractivity contribution in [3.63, 3.8) is 0 Å². The Hall–Kier alpha value is -0.378. The smallest absolute Gasteiger partial charge is 0.289 e. The van der Waals surface area contributed by atoms with Crippen LogP contribution in [0.15, 0.2) is 23.6 Å². The van der Waals surface area contributed by atoms with Crippen molar-refractivity contribution in [3.05, 3.63) is 23.6 Å². The van der Waals surface area contributed by atoms with E-state index in [1.54, 1.807) is 0 Å². The van der Waals surface area contributed by atoms with Crippen LogP contribution in [-0.4, -0.2) is 26.9 Å². The minimum absolute atomic E-state index is 0.0780. The Labute approximate surface area is 102 Å². The first-order chi connectivity index (χ1) is 7.82. The van der Waals surface area contributed by atoms with Crippen LogP contribution in [0.4, 0.5) is 22.0 Å². The molecule has 0 amide bonds. The topological polar surface area (TPSA) is 12.5 Å². The summed E-state index contributed by atoms with van der Waals surface area (Å²) in [6.07, 6.45) is -0.0780. The fourth-order valence-electron chi connectivity index (χ4n) is 1.26. The number of rotatable bonds is 2. The number of epoxide rings is 1. The maximum atomic E-state index is 12.7. The molecule has 0 spiro atoms. The molecular weight excluding hydrogens is 258 g/mol. The minimum Gasteiger partial charge on any atom is -0.289 e. The van der Waals surface area contributed by atoms with Gasteiger partial charge in [-0.15, -0.1) is 10.6 Å². The van der Waals surface area contributed by atoms with Crippen LogP contribution in [-0.2, 0) is 4.74 Å². The van der Waals surface area contributed by atoms with Crippen LogP contribution < -0.4 is 0 Å². The maximum Gasteiger partial charge on any atom is 0.331 e. The van der Waals surface area contributed by atoms with Crippen LogP contribution in [0, 0.1) is 0 Å². The molecule has 7 heteroatoms. The molecule has 1 saturated heterocycles. The predicted octanol–water partition coefficient (Wildman–Crippen LogP) is 3.93. The van der Waals surface area contributed by atoms with Crippen molar-refractivity contribution in [1.82, 2.24) is 0 Å². The van der Waals surface area contributed by atoms with Crippen LogP contribution in [0.3, 0.4) is 0 Å². The van der Waals surface area contributed by atoms with Gasteiger partial charge >= 0.3 is 11.7 Å². The van der Waals surface area contributed by atoms with Gasteiger partial charge in [-0.05, 0) is 0 Å². The number of alkyl halides is 2. The zero-order valence-corrected chi connectivity index (χ0v) is 10.5. The van der Waals surface area contributed by atoms with Crippen LogP contribution in [0.2, 0.25) is 10.6 Å². The molecule has 0 aromatic carbocycles. The molecule has 1 fully saturated rings. The number of fused-ring (bicyclic) bond motifs is 1. The zero-order chi connectivity index (χ0) is 13.3.